The van der Waals surface area contributed by atoms with Crippen molar-refractivity contribution in [1.82, 2.24) is 24.1 Å². The Bertz CT molecular complexity index is 1250. The Labute approximate surface area is 169 Å². The number of halogens is 1. The zero-order chi connectivity index (χ0) is 20.0. The first-order valence-corrected chi connectivity index (χ1v) is 9.65. The van der Waals surface area contributed by atoms with Crippen molar-refractivity contribution in [2.75, 3.05) is 26.9 Å². The van der Waals surface area contributed by atoms with E-state index in [1.54, 1.807) is 34.5 Å². The minimum atomic E-state index is -0.222. The molecule has 1 aliphatic rings. The number of imidazole rings is 1. The summed E-state index contributed by atoms with van der Waals surface area (Å²) >= 11 is 6.18. The number of hydrogen-bond acceptors (Lipinski definition) is 7. The number of methoxy groups -OCH3 is 1. The molecule has 29 heavy (non-hydrogen) atoms. The molecule has 10 heteroatoms. The maximum Gasteiger partial charge on any atom is 0.277 e. The van der Waals surface area contributed by atoms with Crippen molar-refractivity contribution in [3.63, 3.8) is 0 Å². The molecule has 0 radical (unpaired) electrons. The van der Waals surface area contributed by atoms with Gasteiger partial charge in [-0.25, -0.2) is 4.98 Å². The number of hydrogen-bond donors (Lipinski definition) is 0. The van der Waals surface area contributed by atoms with Crippen LogP contribution in [0.3, 0.4) is 0 Å². The molecule has 150 valence electrons. The van der Waals surface area contributed by atoms with Gasteiger partial charge in [0, 0.05) is 25.3 Å². The maximum absolute atomic E-state index is 13.4. The lowest BCUT2D eigenvalue weighted by atomic mass is 10.1. The van der Waals surface area contributed by atoms with Gasteiger partial charge in [0.2, 0.25) is 11.7 Å². The highest BCUT2D eigenvalue weighted by Crippen LogP contribution is 2.28. The van der Waals surface area contributed by atoms with E-state index in [9.17, 15) is 4.79 Å². The van der Waals surface area contributed by atoms with Crippen LogP contribution in [0.5, 0.6) is 0 Å². The highest BCUT2D eigenvalue weighted by molar-refractivity contribution is 6.31. The molecule has 0 bridgehead atoms. The predicted octanol–water partition coefficient (Wildman–Crippen LogP) is 2.50. The van der Waals surface area contributed by atoms with Crippen LogP contribution in [0.2, 0.25) is 5.02 Å². The molecule has 1 fully saturated rings. The fourth-order valence-corrected chi connectivity index (χ4v) is 3.85. The molecular formula is C19H18ClN5O4. The average molecular weight is 416 g/mol. The third kappa shape index (κ3) is 3.02. The highest BCUT2D eigenvalue weighted by Gasteiger charge is 2.26. The summed E-state index contributed by atoms with van der Waals surface area (Å²) in [5.74, 6) is 0.871. The van der Waals surface area contributed by atoms with Crippen LogP contribution >= 0.6 is 11.6 Å². The Morgan fingerprint density at radius 2 is 2.24 bits per heavy atom. The van der Waals surface area contributed by atoms with E-state index in [0.717, 1.165) is 11.9 Å². The molecule has 4 heterocycles. The molecule has 1 aliphatic heterocycles. The van der Waals surface area contributed by atoms with Crippen LogP contribution < -0.4 is 5.56 Å². The van der Waals surface area contributed by atoms with E-state index in [4.69, 9.17) is 25.6 Å². The Morgan fingerprint density at radius 1 is 1.34 bits per heavy atom. The summed E-state index contributed by atoms with van der Waals surface area (Å²) in [6, 6.07) is 5.40. The number of rotatable bonds is 5. The third-order valence-electron chi connectivity index (χ3n) is 5.15. The van der Waals surface area contributed by atoms with Crippen molar-refractivity contribution in [1.29, 1.82) is 0 Å². The molecule has 3 aromatic heterocycles. The molecular weight excluding hydrogens is 398 g/mol. The van der Waals surface area contributed by atoms with E-state index in [1.807, 2.05) is 6.07 Å². The molecule has 1 unspecified atom stereocenters. The zero-order valence-electron chi connectivity index (χ0n) is 15.7. The van der Waals surface area contributed by atoms with Gasteiger partial charge in [-0.15, -0.1) is 0 Å². The van der Waals surface area contributed by atoms with Crippen LogP contribution in [0.25, 0.3) is 28.1 Å². The van der Waals surface area contributed by atoms with Gasteiger partial charge in [0.1, 0.15) is 17.5 Å². The van der Waals surface area contributed by atoms with E-state index >= 15 is 0 Å². The lowest BCUT2D eigenvalue weighted by molar-refractivity contribution is 0.187. The lowest BCUT2D eigenvalue weighted by Crippen LogP contribution is -2.25. The molecule has 5 rings (SSSR count). The quantitative estimate of drug-likeness (QED) is 0.494. The standard InChI is InChI=1S/C19H18ClN5O4/c1-27-7-5-24-14-8-12(20)2-3-13(14)25-10-21-15(16(25)19(24)26)17-22-18(29-23-17)11-4-6-28-9-11/h2-3,8,10-11H,4-7,9H2,1H3. The van der Waals surface area contributed by atoms with Gasteiger partial charge >= 0.3 is 0 Å². The monoisotopic (exact) mass is 415 g/mol. The predicted molar refractivity (Wildman–Crippen MR) is 105 cm³/mol. The van der Waals surface area contributed by atoms with E-state index in [-0.39, 0.29) is 17.3 Å². The second-order valence-electron chi connectivity index (χ2n) is 6.91. The third-order valence-corrected chi connectivity index (χ3v) is 5.39. The molecule has 4 aromatic rings. The van der Waals surface area contributed by atoms with E-state index in [2.05, 4.69) is 15.1 Å². The van der Waals surface area contributed by atoms with E-state index < -0.39 is 0 Å². The number of fused-ring (bicyclic) bond motifs is 3. The molecule has 1 aromatic carbocycles. The Balaban J connectivity index is 1.72. The highest BCUT2D eigenvalue weighted by atomic mass is 35.5. The van der Waals surface area contributed by atoms with Gasteiger partial charge in [0.25, 0.3) is 5.56 Å². The smallest absolute Gasteiger partial charge is 0.277 e. The van der Waals surface area contributed by atoms with E-state index in [1.165, 1.54) is 0 Å². The molecule has 0 saturated carbocycles. The van der Waals surface area contributed by atoms with Crippen molar-refractivity contribution in [2.24, 2.45) is 0 Å². The second-order valence-corrected chi connectivity index (χ2v) is 7.35. The number of nitrogens with zero attached hydrogens (tertiary/aromatic N) is 5. The van der Waals surface area contributed by atoms with Crippen LogP contribution in [-0.2, 0) is 16.0 Å². The summed E-state index contributed by atoms with van der Waals surface area (Å²) in [4.78, 5) is 22.3. The summed E-state index contributed by atoms with van der Waals surface area (Å²) in [5.41, 5.74) is 2.04. The molecule has 0 aliphatic carbocycles. The molecule has 1 saturated heterocycles. The minimum Gasteiger partial charge on any atom is -0.383 e. The first kappa shape index (κ1) is 18.3. The fourth-order valence-electron chi connectivity index (χ4n) is 3.68. The summed E-state index contributed by atoms with van der Waals surface area (Å²) in [6.07, 6.45) is 2.43. The fraction of sp³-hybridized carbons (Fsp3) is 0.368. The van der Waals surface area contributed by atoms with E-state index in [0.29, 0.717) is 54.0 Å². The van der Waals surface area contributed by atoms with Crippen LogP contribution in [0.15, 0.2) is 33.8 Å². The summed E-state index contributed by atoms with van der Waals surface area (Å²) in [7, 11) is 1.59. The topological polar surface area (TPSA) is 96.7 Å². The lowest BCUT2D eigenvalue weighted by Gasteiger charge is -2.12. The van der Waals surface area contributed by atoms with Crippen LogP contribution in [0, 0.1) is 0 Å². The van der Waals surface area contributed by atoms with Gasteiger partial charge < -0.3 is 18.6 Å². The first-order valence-electron chi connectivity index (χ1n) is 9.27. The first-order chi connectivity index (χ1) is 14.2. The Kier molecular flexibility index (Phi) is 4.57. The van der Waals surface area contributed by atoms with Crippen molar-refractivity contribution in [3.05, 3.63) is 45.8 Å². The molecule has 0 N–H and O–H groups in total. The SMILES string of the molecule is COCCn1c(=O)c2c(-c3noc(C4CCOC4)n3)ncn2c2ccc(Cl)cc21. The van der Waals surface area contributed by atoms with Crippen molar-refractivity contribution in [3.8, 4) is 11.5 Å². The molecule has 0 amide bonds. The van der Waals surface area contributed by atoms with Gasteiger partial charge in [0.05, 0.1) is 30.2 Å². The second kappa shape index (κ2) is 7.25. The molecule has 9 nitrogen and oxygen atoms in total. The number of ether oxygens (including phenoxy) is 2. The molecule has 1 atom stereocenters. The van der Waals surface area contributed by atoms with Crippen molar-refractivity contribution in [2.45, 2.75) is 18.9 Å². The maximum atomic E-state index is 13.4. The zero-order valence-corrected chi connectivity index (χ0v) is 16.4. The van der Waals surface area contributed by atoms with Gasteiger partial charge in [0.15, 0.2) is 0 Å². The average Bonchev–Trinajstić information content (AvgIpc) is 3.46. The van der Waals surface area contributed by atoms with Crippen molar-refractivity contribution >= 4 is 28.2 Å². The summed E-state index contributed by atoms with van der Waals surface area (Å²) < 4.78 is 19.4. The Hall–Kier alpha value is -2.75. The normalized spacial score (nSPS) is 17.0. The number of aromatic nitrogens is 5. The summed E-state index contributed by atoms with van der Waals surface area (Å²) in [6.45, 7) is 1.99. The van der Waals surface area contributed by atoms with Gasteiger partial charge in [-0.1, -0.05) is 16.8 Å². The van der Waals surface area contributed by atoms with Crippen LogP contribution in [0.1, 0.15) is 18.2 Å². The summed E-state index contributed by atoms with van der Waals surface area (Å²) in [5, 5.41) is 4.61. The molecule has 0 spiro atoms. The Morgan fingerprint density at radius 3 is 3.03 bits per heavy atom. The minimum absolute atomic E-state index is 0.0754. The van der Waals surface area contributed by atoms with Gasteiger partial charge in [-0.2, -0.15) is 4.98 Å². The van der Waals surface area contributed by atoms with Gasteiger partial charge in [-0.05, 0) is 24.6 Å². The number of benzene rings is 1. The van der Waals surface area contributed by atoms with Crippen molar-refractivity contribution < 1.29 is 14.0 Å². The van der Waals surface area contributed by atoms with Crippen LogP contribution in [-0.4, -0.2) is 51.0 Å². The van der Waals surface area contributed by atoms with Crippen LogP contribution in [0.4, 0.5) is 0 Å². The van der Waals surface area contributed by atoms with Gasteiger partial charge in [-0.3, -0.25) is 9.20 Å². The largest absolute Gasteiger partial charge is 0.383 e.